The van der Waals surface area contributed by atoms with E-state index in [-0.39, 0.29) is 0 Å². The normalized spacial score (nSPS) is 10.9. The van der Waals surface area contributed by atoms with Gasteiger partial charge in [-0.15, -0.1) is 0 Å². The van der Waals surface area contributed by atoms with E-state index in [4.69, 9.17) is 9.52 Å². The van der Waals surface area contributed by atoms with Gasteiger partial charge < -0.3 is 9.52 Å². The van der Waals surface area contributed by atoms with Crippen LogP contribution in [0.1, 0.15) is 27.2 Å². The lowest BCUT2D eigenvalue weighted by molar-refractivity contribution is 0.0696. The zero-order valence-electron chi connectivity index (χ0n) is 8.92. The van der Waals surface area contributed by atoms with Gasteiger partial charge in [0.2, 0.25) is 0 Å². The van der Waals surface area contributed by atoms with Crippen molar-refractivity contribution in [3.63, 3.8) is 0 Å². The third kappa shape index (κ3) is 1.31. The fourth-order valence-corrected chi connectivity index (χ4v) is 1.89. The summed E-state index contributed by atoms with van der Waals surface area (Å²) in [6.07, 6.45) is 0. The third-order valence-electron chi connectivity index (χ3n) is 2.82. The monoisotopic (exact) mass is 204 g/mol. The Morgan fingerprint density at radius 2 is 1.87 bits per heavy atom. The number of rotatable bonds is 1. The summed E-state index contributed by atoms with van der Waals surface area (Å²) >= 11 is 0. The number of aryl methyl sites for hydroxylation is 3. The zero-order chi connectivity index (χ0) is 11.2. The number of aromatic carboxylic acids is 1. The summed E-state index contributed by atoms with van der Waals surface area (Å²) in [6.45, 7) is 5.64. The molecule has 3 heteroatoms. The summed E-state index contributed by atoms with van der Waals surface area (Å²) in [4.78, 5) is 11.0. The lowest BCUT2D eigenvalue weighted by Crippen LogP contribution is -1.99. The molecule has 1 N–H and O–H groups in total. The van der Waals surface area contributed by atoms with Gasteiger partial charge in [0.15, 0.2) is 0 Å². The highest BCUT2D eigenvalue weighted by atomic mass is 16.4. The number of hydrogen-bond acceptors (Lipinski definition) is 2. The van der Waals surface area contributed by atoms with Gasteiger partial charge in [-0.3, -0.25) is 0 Å². The van der Waals surface area contributed by atoms with Crippen LogP contribution >= 0.6 is 0 Å². The van der Waals surface area contributed by atoms with Gasteiger partial charge in [-0.25, -0.2) is 4.79 Å². The highest BCUT2D eigenvalue weighted by Crippen LogP contribution is 2.29. The molecule has 0 bridgehead atoms. The van der Waals surface area contributed by atoms with Crippen LogP contribution in [0.2, 0.25) is 0 Å². The van der Waals surface area contributed by atoms with E-state index in [9.17, 15) is 4.79 Å². The van der Waals surface area contributed by atoms with Crippen molar-refractivity contribution in [2.45, 2.75) is 20.8 Å². The predicted molar refractivity (Wildman–Crippen MR) is 57.4 cm³/mol. The number of carbonyl (C=O) groups is 1. The van der Waals surface area contributed by atoms with Gasteiger partial charge in [0.25, 0.3) is 0 Å². The third-order valence-corrected chi connectivity index (χ3v) is 2.82. The maximum atomic E-state index is 11.0. The first-order valence-electron chi connectivity index (χ1n) is 4.75. The minimum Gasteiger partial charge on any atom is -0.478 e. The second-order valence-corrected chi connectivity index (χ2v) is 3.70. The molecule has 0 atom stereocenters. The minimum atomic E-state index is -0.896. The van der Waals surface area contributed by atoms with Crippen molar-refractivity contribution in [3.05, 3.63) is 34.6 Å². The lowest BCUT2D eigenvalue weighted by Gasteiger charge is -2.01. The van der Waals surface area contributed by atoms with Crippen LogP contribution in [0.5, 0.6) is 0 Å². The van der Waals surface area contributed by atoms with Crippen molar-refractivity contribution >= 4 is 16.9 Å². The Labute approximate surface area is 87.3 Å². The molecule has 1 heterocycles. The van der Waals surface area contributed by atoms with Gasteiger partial charge in [0.1, 0.15) is 11.3 Å². The Hall–Kier alpha value is -1.77. The molecule has 0 saturated heterocycles. The molecular formula is C12H12O3. The number of carboxylic acids is 1. The number of fused-ring (bicyclic) bond motifs is 1. The van der Waals surface area contributed by atoms with Gasteiger partial charge in [-0.05, 0) is 44.0 Å². The first-order chi connectivity index (χ1) is 7.02. The standard InChI is InChI=1S/C12H12O3/c1-6-8(3)15-10-5-4-9(12(13)14)7(2)11(6)10/h4-5H,1-3H3,(H,13,14). The number of furan rings is 1. The van der Waals surface area contributed by atoms with Crippen molar-refractivity contribution in [1.29, 1.82) is 0 Å². The molecule has 78 valence electrons. The van der Waals surface area contributed by atoms with Crippen molar-refractivity contribution in [3.8, 4) is 0 Å². The topological polar surface area (TPSA) is 50.4 Å². The van der Waals surface area contributed by atoms with Crippen LogP contribution in [0, 0.1) is 20.8 Å². The molecule has 0 saturated carbocycles. The predicted octanol–water partition coefficient (Wildman–Crippen LogP) is 3.06. The van der Waals surface area contributed by atoms with E-state index in [1.54, 1.807) is 12.1 Å². The summed E-state index contributed by atoms with van der Waals surface area (Å²) in [7, 11) is 0. The summed E-state index contributed by atoms with van der Waals surface area (Å²) in [5.74, 6) is -0.0525. The van der Waals surface area contributed by atoms with E-state index in [0.29, 0.717) is 5.56 Å². The van der Waals surface area contributed by atoms with Crippen LogP contribution in [-0.2, 0) is 0 Å². The van der Waals surface area contributed by atoms with E-state index in [2.05, 4.69) is 0 Å². The van der Waals surface area contributed by atoms with Crippen LogP contribution in [0.15, 0.2) is 16.5 Å². The van der Waals surface area contributed by atoms with Gasteiger partial charge >= 0.3 is 5.97 Å². The maximum absolute atomic E-state index is 11.0. The molecule has 2 aromatic rings. The fourth-order valence-electron chi connectivity index (χ4n) is 1.89. The molecule has 0 aliphatic heterocycles. The highest BCUT2D eigenvalue weighted by molar-refractivity contribution is 5.97. The molecule has 1 aromatic carbocycles. The van der Waals surface area contributed by atoms with Gasteiger partial charge in [-0.1, -0.05) is 0 Å². The largest absolute Gasteiger partial charge is 0.478 e. The second-order valence-electron chi connectivity index (χ2n) is 3.70. The summed E-state index contributed by atoms with van der Waals surface area (Å²) in [5.41, 5.74) is 2.89. The van der Waals surface area contributed by atoms with Crippen LogP contribution in [0.4, 0.5) is 0 Å². The average molecular weight is 204 g/mol. The smallest absolute Gasteiger partial charge is 0.335 e. The quantitative estimate of drug-likeness (QED) is 0.776. The SMILES string of the molecule is Cc1oc2ccc(C(=O)O)c(C)c2c1C. The Morgan fingerprint density at radius 1 is 1.20 bits per heavy atom. The van der Waals surface area contributed by atoms with Crippen molar-refractivity contribution in [2.24, 2.45) is 0 Å². The maximum Gasteiger partial charge on any atom is 0.335 e. The molecule has 0 radical (unpaired) electrons. The van der Waals surface area contributed by atoms with E-state index >= 15 is 0 Å². The van der Waals surface area contributed by atoms with Gasteiger partial charge in [-0.2, -0.15) is 0 Å². The first-order valence-corrected chi connectivity index (χ1v) is 4.75. The molecule has 0 unspecified atom stereocenters. The average Bonchev–Trinajstić information content (AvgIpc) is 2.43. The molecule has 0 fully saturated rings. The molecule has 3 nitrogen and oxygen atoms in total. The van der Waals surface area contributed by atoms with Gasteiger partial charge in [0, 0.05) is 5.39 Å². The molecule has 15 heavy (non-hydrogen) atoms. The Morgan fingerprint density at radius 3 is 2.47 bits per heavy atom. The second kappa shape index (κ2) is 3.12. The number of carboxylic acid groups (broad SMARTS) is 1. The molecule has 0 aliphatic rings. The number of benzene rings is 1. The first kappa shape index (κ1) is 9.77. The molecule has 2 rings (SSSR count). The molecular weight excluding hydrogens is 192 g/mol. The number of hydrogen-bond donors (Lipinski definition) is 1. The minimum absolute atomic E-state index is 0.339. The summed E-state index contributed by atoms with van der Waals surface area (Å²) < 4.78 is 5.52. The van der Waals surface area contributed by atoms with Crippen LogP contribution in [0.25, 0.3) is 11.0 Å². The Kier molecular flexibility index (Phi) is 2.03. The summed E-state index contributed by atoms with van der Waals surface area (Å²) in [5, 5.41) is 9.92. The zero-order valence-corrected chi connectivity index (χ0v) is 8.92. The molecule has 0 aliphatic carbocycles. The Balaban J connectivity index is 2.88. The van der Waals surface area contributed by atoms with E-state index in [0.717, 1.165) is 27.9 Å². The van der Waals surface area contributed by atoms with Crippen LogP contribution in [-0.4, -0.2) is 11.1 Å². The molecule has 0 spiro atoms. The fraction of sp³-hybridized carbons (Fsp3) is 0.250. The van der Waals surface area contributed by atoms with Crippen molar-refractivity contribution in [1.82, 2.24) is 0 Å². The Bertz CT molecular complexity index is 549. The van der Waals surface area contributed by atoms with E-state index in [1.165, 1.54) is 0 Å². The van der Waals surface area contributed by atoms with Crippen molar-refractivity contribution in [2.75, 3.05) is 0 Å². The summed E-state index contributed by atoms with van der Waals surface area (Å²) in [6, 6.07) is 3.30. The van der Waals surface area contributed by atoms with E-state index < -0.39 is 5.97 Å². The lowest BCUT2D eigenvalue weighted by atomic mass is 10.0. The molecule has 0 amide bonds. The van der Waals surface area contributed by atoms with E-state index in [1.807, 2.05) is 20.8 Å². The van der Waals surface area contributed by atoms with Crippen LogP contribution in [0.3, 0.4) is 0 Å². The molecule has 1 aromatic heterocycles. The van der Waals surface area contributed by atoms with Gasteiger partial charge in [0.05, 0.1) is 5.56 Å². The van der Waals surface area contributed by atoms with Crippen molar-refractivity contribution < 1.29 is 14.3 Å². The highest BCUT2D eigenvalue weighted by Gasteiger charge is 2.15. The van der Waals surface area contributed by atoms with Crippen LogP contribution < -0.4 is 0 Å².